The number of nitrogens with one attached hydrogen (secondary N) is 1. The van der Waals surface area contributed by atoms with Crippen LogP contribution in [0.5, 0.6) is 5.75 Å². The number of ether oxygens (including phenoxy) is 1. The lowest BCUT2D eigenvalue weighted by molar-refractivity contribution is -0.147. The zero-order chi connectivity index (χ0) is 19.4. The molecule has 1 amide bonds. The number of amides is 1. The van der Waals surface area contributed by atoms with Crippen LogP contribution in [0.2, 0.25) is 0 Å². The lowest BCUT2D eigenvalue weighted by Crippen LogP contribution is -2.32. The first-order valence-corrected chi connectivity index (χ1v) is 8.44. The van der Waals surface area contributed by atoms with E-state index in [9.17, 15) is 19.5 Å². The summed E-state index contributed by atoms with van der Waals surface area (Å²) in [6.07, 6.45) is -1.01. The minimum absolute atomic E-state index is 0.0718. The van der Waals surface area contributed by atoms with E-state index >= 15 is 0 Å². The van der Waals surface area contributed by atoms with Crippen molar-refractivity contribution >= 4 is 22.8 Å². The number of carbonyl (C=O) groups is 2. The number of benzene rings is 1. The number of carboxylic acid groups (broad SMARTS) is 1. The molecule has 0 bridgehead atoms. The standard InChI is InChI=1S/C19H23NO6/c1-10(2)9-20-17(21)14-7-12-5-6-13(8-15(12)26-19(14)24)25-16(11(3)4)18(22)23/h5-8,10-11,16H,9H2,1-4H3,(H,20,21)(H,22,23). The van der Waals surface area contributed by atoms with Crippen molar-refractivity contribution < 1.29 is 23.8 Å². The maximum atomic E-state index is 12.1. The van der Waals surface area contributed by atoms with E-state index in [1.807, 2.05) is 13.8 Å². The molecule has 0 aliphatic carbocycles. The van der Waals surface area contributed by atoms with Gasteiger partial charge >= 0.3 is 11.6 Å². The summed E-state index contributed by atoms with van der Waals surface area (Å²) in [6.45, 7) is 7.83. The van der Waals surface area contributed by atoms with Crippen molar-refractivity contribution in [3.05, 3.63) is 40.2 Å². The quantitative estimate of drug-likeness (QED) is 0.735. The summed E-state index contributed by atoms with van der Waals surface area (Å²) in [5, 5.41) is 12.4. The van der Waals surface area contributed by atoms with Gasteiger partial charge in [0.25, 0.3) is 5.91 Å². The lowest BCUT2D eigenvalue weighted by Gasteiger charge is -2.18. The van der Waals surface area contributed by atoms with Crippen LogP contribution < -0.4 is 15.7 Å². The smallest absolute Gasteiger partial charge is 0.349 e. The van der Waals surface area contributed by atoms with Gasteiger partial charge in [0.05, 0.1) is 0 Å². The fraction of sp³-hybridized carbons (Fsp3) is 0.421. The molecule has 0 aliphatic rings. The summed E-state index contributed by atoms with van der Waals surface area (Å²) in [7, 11) is 0. The van der Waals surface area contributed by atoms with Crippen LogP contribution in [0.15, 0.2) is 33.5 Å². The Kier molecular flexibility index (Phi) is 6.02. The molecule has 1 atom stereocenters. The number of aliphatic carboxylic acids is 1. The largest absolute Gasteiger partial charge is 0.478 e. The maximum Gasteiger partial charge on any atom is 0.349 e. The second-order valence-electron chi connectivity index (χ2n) is 6.87. The Balaban J connectivity index is 2.31. The van der Waals surface area contributed by atoms with Gasteiger partial charge < -0.3 is 19.6 Å². The monoisotopic (exact) mass is 361 g/mol. The van der Waals surface area contributed by atoms with E-state index in [0.29, 0.717) is 11.9 Å². The molecule has 2 aromatic rings. The third kappa shape index (κ3) is 4.62. The van der Waals surface area contributed by atoms with Gasteiger partial charge in [-0.3, -0.25) is 4.79 Å². The zero-order valence-corrected chi connectivity index (χ0v) is 15.2. The number of hydrogen-bond donors (Lipinski definition) is 2. The molecule has 1 heterocycles. The highest BCUT2D eigenvalue weighted by molar-refractivity contribution is 5.96. The van der Waals surface area contributed by atoms with Crippen LogP contribution in [-0.2, 0) is 4.79 Å². The summed E-state index contributed by atoms with van der Waals surface area (Å²) in [5.41, 5.74) is -0.604. The molecule has 2 N–H and O–H groups in total. The fourth-order valence-corrected chi connectivity index (χ4v) is 2.33. The third-order valence-electron chi connectivity index (χ3n) is 3.73. The van der Waals surface area contributed by atoms with Gasteiger partial charge in [-0.05, 0) is 24.1 Å². The Morgan fingerprint density at radius 2 is 1.88 bits per heavy atom. The fourth-order valence-electron chi connectivity index (χ4n) is 2.33. The molecule has 0 spiro atoms. The first-order valence-electron chi connectivity index (χ1n) is 8.44. The topological polar surface area (TPSA) is 106 Å². The first kappa shape index (κ1) is 19.5. The Hall–Kier alpha value is -2.83. The van der Waals surface area contributed by atoms with Crippen molar-refractivity contribution in [2.24, 2.45) is 11.8 Å². The molecule has 0 saturated heterocycles. The molecule has 7 heteroatoms. The lowest BCUT2D eigenvalue weighted by atomic mass is 10.1. The van der Waals surface area contributed by atoms with Gasteiger partial charge in [-0.25, -0.2) is 9.59 Å². The van der Waals surface area contributed by atoms with Crippen LogP contribution in [0.25, 0.3) is 11.0 Å². The number of fused-ring (bicyclic) bond motifs is 1. The molecule has 1 aromatic carbocycles. The number of hydrogen-bond acceptors (Lipinski definition) is 5. The van der Waals surface area contributed by atoms with E-state index < -0.39 is 23.6 Å². The second-order valence-corrected chi connectivity index (χ2v) is 6.87. The normalized spacial score (nSPS) is 12.4. The van der Waals surface area contributed by atoms with E-state index in [1.54, 1.807) is 26.0 Å². The summed E-state index contributed by atoms with van der Waals surface area (Å²) in [4.78, 5) is 35.5. The summed E-state index contributed by atoms with van der Waals surface area (Å²) < 4.78 is 10.7. The molecular formula is C19H23NO6. The Bertz CT molecular complexity index is 868. The molecule has 0 radical (unpaired) electrons. The van der Waals surface area contributed by atoms with Crippen LogP contribution in [-0.4, -0.2) is 29.6 Å². The average Bonchev–Trinajstić information content (AvgIpc) is 2.56. The zero-order valence-electron chi connectivity index (χ0n) is 15.2. The van der Waals surface area contributed by atoms with Gasteiger partial charge in [0, 0.05) is 23.9 Å². The predicted molar refractivity (Wildman–Crippen MR) is 96.5 cm³/mol. The molecule has 7 nitrogen and oxygen atoms in total. The van der Waals surface area contributed by atoms with Crippen molar-refractivity contribution in [3.63, 3.8) is 0 Å². The van der Waals surface area contributed by atoms with Crippen LogP contribution in [0.4, 0.5) is 0 Å². The second kappa shape index (κ2) is 8.03. The number of carbonyl (C=O) groups excluding carboxylic acids is 1. The van der Waals surface area contributed by atoms with E-state index in [4.69, 9.17) is 9.15 Å². The van der Waals surface area contributed by atoms with Gasteiger partial charge in [0.1, 0.15) is 16.9 Å². The van der Waals surface area contributed by atoms with E-state index in [2.05, 4.69) is 5.32 Å². The molecular weight excluding hydrogens is 338 g/mol. The van der Waals surface area contributed by atoms with Gasteiger partial charge in [0.15, 0.2) is 6.10 Å². The van der Waals surface area contributed by atoms with E-state index in [1.165, 1.54) is 12.1 Å². The molecule has 1 unspecified atom stereocenters. The minimum Gasteiger partial charge on any atom is -0.478 e. The van der Waals surface area contributed by atoms with Crippen LogP contribution in [0.3, 0.4) is 0 Å². The Morgan fingerprint density at radius 3 is 2.46 bits per heavy atom. The Labute approximate surface area is 151 Å². The van der Waals surface area contributed by atoms with Crippen molar-refractivity contribution in [1.82, 2.24) is 5.32 Å². The van der Waals surface area contributed by atoms with Crippen molar-refractivity contribution in [2.75, 3.05) is 6.54 Å². The van der Waals surface area contributed by atoms with Gasteiger partial charge in [-0.1, -0.05) is 27.7 Å². The van der Waals surface area contributed by atoms with E-state index in [0.717, 1.165) is 0 Å². The minimum atomic E-state index is -1.07. The first-order chi connectivity index (χ1) is 12.2. The Morgan fingerprint density at radius 1 is 1.19 bits per heavy atom. The molecule has 0 fully saturated rings. The van der Waals surface area contributed by atoms with Crippen LogP contribution in [0.1, 0.15) is 38.1 Å². The van der Waals surface area contributed by atoms with Gasteiger partial charge in [0.2, 0.25) is 0 Å². The highest BCUT2D eigenvalue weighted by atomic mass is 16.5. The highest BCUT2D eigenvalue weighted by Gasteiger charge is 2.23. The maximum absolute atomic E-state index is 12.1. The molecule has 2 rings (SSSR count). The van der Waals surface area contributed by atoms with Gasteiger partial charge in [-0.2, -0.15) is 0 Å². The third-order valence-corrected chi connectivity index (χ3v) is 3.73. The molecule has 140 valence electrons. The summed E-state index contributed by atoms with van der Waals surface area (Å²) in [5.74, 6) is -1.26. The highest BCUT2D eigenvalue weighted by Crippen LogP contribution is 2.23. The van der Waals surface area contributed by atoms with Gasteiger partial charge in [-0.15, -0.1) is 0 Å². The summed E-state index contributed by atoms with van der Waals surface area (Å²) >= 11 is 0. The summed E-state index contributed by atoms with van der Waals surface area (Å²) in [6, 6.07) is 6.10. The predicted octanol–water partition coefficient (Wildman–Crippen LogP) is 2.67. The van der Waals surface area contributed by atoms with Crippen LogP contribution in [0, 0.1) is 11.8 Å². The van der Waals surface area contributed by atoms with Crippen molar-refractivity contribution in [1.29, 1.82) is 0 Å². The molecule has 0 aliphatic heterocycles. The van der Waals surface area contributed by atoms with Crippen LogP contribution >= 0.6 is 0 Å². The molecule has 0 saturated carbocycles. The van der Waals surface area contributed by atoms with E-state index in [-0.39, 0.29) is 28.7 Å². The molecule has 1 aromatic heterocycles. The average molecular weight is 361 g/mol. The SMILES string of the molecule is CC(C)CNC(=O)c1cc2ccc(OC(C(=O)O)C(C)C)cc2oc1=O. The molecule has 26 heavy (non-hydrogen) atoms. The van der Waals surface area contributed by atoms with Crippen molar-refractivity contribution in [2.45, 2.75) is 33.8 Å². The van der Waals surface area contributed by atoms with Crippen molar-refractivity contribution in [3.8, 4) is 5.75 Å². The number of carboxylic acids is 1. The number of rotatable bonds is 7.